The van der Waals surface area contributed by atoms with Crippen molar-refractivity contribution < 1.29 is 4.79 Å². The Morgan fingerprint density at radius 1 is 1.00 bits per heavy atom. The second-order valence-electron chi connectivity index (χ2n) is 8.00. The summed E-state index contributed by atoms with van der Waals surface area (Å²) in [5, 5.41) is 13.6. The molecule has 1 amide bonds. The van der Waals surface area contributed by atoms with E-state index in [1.807, 2.05) is 60.9 Å². The summed E-state index contributed by atoms with van der Waals surface area (Å²) < 4.78 is 1.89. The summed E-state index contributed by atoms with van der Waals surface area (Å²) >= 11 is 14.3. The molecule has 3 aromatic carbocycles. The van der Waals surface area contributed by atoms with Gasteiger partial charge in [-0.05, 0) is 61.7 Å². The Balaban J connectivity index is 1.68. The molecule has 1 N–H and O–H groups in total. The number of halogens is 2. The number of carbonyl (C=O) groups excluding carboxylic acids is 1. The number of benzene rings is 3. The molecular weight excluding hydrogens is 487 g/mol. The zero-order valence-corrected chi connectivity index (χ0v) is 21.4. The molecule has 0 radical (unpaired) electrons. The minimum Gasteiger partial charge on any atom is -0.342 e. The van der Waals surface area contributed by atoms with Crippen molar-refractivity contribution in [1.82, 2.24) is 20.1 Å². The molecule has 1 aromatic heterocycles. The third-order valence-corrected chi connectivity index (χ3v) is 7.07. The molecular formula is C26H24Cl2N4OS. The van der Waals surface area contributed by atoms with Crippen molar-refractivity contribution in [3.63, 3.8) is 0 Å². The monoisotopic (exact) mass is 510 g/mol. The highest BCUT2D eigenvalue weighted by molar-refractivity contribution is 7.98. The van der Waals surface area contributed by atoms with Crippen LogP contribution in [0.25, 0.3) is 5.69 Å². The maximum absolute atomic E-state index is 12.9. The summed E-state index contributed by atoms with van der Waals surface area (Å²) in [6.07, 6.45) is 0. The van der Waals surface area contributed by atoms with Gasteiger partial charge in [0.05, 0.1) is 16.8 Å². The molecule has 0 spiro atoms. The van der Waals surface area contributed by atoms with Crippen molar-refractivity contribution in [1.29, 1.82) is 0 Å². The summed E-state index contributed by atoms with van der Waals surface area (Å²) in [6, 6.07) is 20.6. The maximum atomic E-state index is 12.9. The van der Waals surface area contributed by atoms with Gasteiger partial charge in [-0.15, -0.1) is 10.2 Å². The maximum Gasteiger partial charge on any atom is 0.252 e. The van der Waals surface area contributed by atoms with Crippen molar-refractivity contribution in [3.05, 3.63) is 105 Å². The van der Waals surface area contributed by atoms with Crippen LogP contribution in [0.5, 0.6) is 0 Å². The van der Waals surface area contributed by atoms with E-state index in [9.17, 15) is 4.79 Å². The fraction of sp³-hybridized carbons (Fsp3) is 0.192. The van der Waals surface area contributed by atoms with Crippen LogP contribution in [-0.2, 0) is 5.75 Å². The van der Waals surface area contributed by atoms with Crippen molar-refractivity contribution >= 4 is 40.9 Å². The van der Waals surface area contributed by atoms with Crippen molar-refractivity contribution in [2.24, 2.45) is 0 Å². The fourth-order valence-corrected chi connectivity index (χ4v) is 5.15. The van der Waals surface area contributed by atoms with E-state index in [1.165, 1.54) is 11.1 Å². The van der Waals surface area contributed by atoms with Gasteiger partial charge in [-0.1, -0.05) is 77.4 Å². The number of thioether (sulfide) groups is 1. The molecule has 0 saturated carbocycles. The Morgan fingerprint density at radius 3 is 2.41 bits per heavy atom. The summed E-state index contributed by atoms with van der Waals surface area (Å²) in [4.78, 5) is 12.9. The first kappa shape index (κ1) is 24.3. The summed E-state index contributed by atoms with van der Waals surface area (Å²) in [7, 11) is 0. The van der Waals surface area contributed by atoms with E-state index in [-0.39, 0.29) is 5.91 Å². The number of hydrogen-bond donors (Lipinski definition) is 1. The molecule has 1 atom stereocenters. The van der Waals surface area contributed by atoms with Gasteiger partial charge in [-0.25, -0.2) is 0 Å². The molecule has 0 aliphatic rings. The fourth-order valence-electron chi connectivity index (χ4n) is 3.63. The Labute approximate surface area is 213 Å². The number of carbonyl (C=O) groups is 1. The normalized spacial score (nSPS) is 11.9. The zero-order chi connectivity index (χ0) is 24.2. The van der Waals surface area contributed by atoms with Gasteiger partial charge in [-0.3, -0.25) is 9.36 Å². The highest BCUT2D eigenvalue weighted by atomic mass is 35.5. The van der Waals surface area contributed by atoms with E-state index in [1.54, 1.807) is 23.9 Å². The SMILES string of the molecule is Cc1ccccc1CSc1nnc(C(C)NC(=O)c2ccccc2C)n1-c1ccc(Cl)cc1Cl. The quantitative estimate of drug-likeness (QED) is 0.272. The van der Waals surface area contributed by atoms with Gasteiger partial charge in [0.15, 0.2) is 11.0 Å². The number of amides is 1. The standard InChI is InChI=1S/C26H24Cl2N4OS/c1-16-8-4-6-10-19(16)15-34-26-31-30-24(32(26)23-13-12-20(27)14-22(23)28)18(3)29-25(33)21-11-7-5-9-17(21)2/h4-14,18H,15H2,1-3H3,(H,29,33). The second-order valence-corrected chi connectivity index (χ2v) is 9.78. The van der Waals surface area contributed by atoms with Gasteiger partial charge in [-0.2, -0.15) is 0 Å². The van der Waals surface area contributed by atoms with Gasteiger partial charge >= 0.3 is 0 Å². The topological polar surface area (TPSA) is 59.8 Å². The molecule has 0 bridgehead atoms. The third kappa shape index (κ3) is 5.30. The van der Waals surface area contributed by atoms with Gasteiger partial charge in [0.25, 0.3) is 5.91 Å². The number of nitrogens with one attached hydrogen (secondary N) is 1. The van der Waals surface area contributed by atoms with Gasteiger partial charge in [0.2, 0.25) is 0 Å². The molecule has 0 saturated heterocycles. The van der Waals surface area contributed by atoms with Gasteiger partial charge < -0.3 is 5.32 Å². The summed E-state index contributed by atoms with van der Waals surface area (Å²) in [5.74, 6) is 1.13. The van der Waals surface area contributed by atoms with Gasteiger partial charge in [0.1, 0.15) is 0 Å². The molecule has 1 unspecified atom stereocenters. The first-order chi connectivity index (χ1) is 16.3. The van der Waals surface area contributed by atoms with Crippen molar-refractivity contribution in [3.8, 4) is 5.69 Å². The minimum absolute atomic E-state index is 0.170. The van der Waals surface area contributed by atoms with Crippen LogP contribution in [0, 0.1) is 13.8 Å². The summed E-state index contributed by atoms with van der Waals surface area (Å²) in [5.41, 5.74) is 4.66. The predicted octanol–water partition coefficient (Wildman–Crippen LogP) is 6.97. The zero-order valence-electron chi connectivity index (χ0n) is 19.0. The molecule has 0 fully saturated rings. The third-order valence-electron chi connectivity index (χ3n) is 5.55. The Bertz CT molecular complexity index is 1340. The van der Waals surface area contributed by atoms with Crippen LogP contribution in [0.15, 0.2) is 71.9 Å². The van der Waals surface area contributed by atoms with Crippen LogP contribution in [0.4, 0.5) is 0 Å². The molecule has 1 heterocycles. The van der Waals surface area contributed by atoms with E-state index in [0.717, 1.165) is 11.3 Å². The van der Waals surface area contributed by atoms with E-state index >= 15 is 0 Å². The highest BCUT2D eigenvalue weighted by Gasteiger charge is 2.23. The smallest absolute Gasteiger partial charge is 0.252 e. The van der Waals surface area contributed by atoms with Gasteiger partial charge in [0, 0.05) is 16.3 Å². The van der Waals surface area contributed by atoms with Crippen LogP contribution in [0.3, 0.4) is 0 Å². The molecule has 4 aromatic rings. The van der Waals surface area contributed by atoms with Crippen LogP contribution in [0.2, 0.25) is 10.0 Å². The number of aryl methyl sites for hydroxylation is 2. The van der Waals surface area contributed by atoms with Crippen molar-refractivity contribution in [2.75, 3.05) is 0 Å². The lowest BCUT2D eigenvalue weighted by molar-refractivity contribution is 0.0937. The molecule has 5 nitrogen and oxygen atoms in total. The predicted molar refractivity (Wildman–Crippen MR) is 139 cm³/mol. The van der Waals surface area contributed by atoms with E-state index in [2.05, 4.69) is 34.6 Å². The molecule has 0 aliphatic heterocycles. The Morgan fingerprint density at radius 2 is 1.71 bits per heavy atom. The van der Waals surface area contributed by atoms with Crippen molar-refractivity contribution in [2.45, 2.75) is 37.7 Å². The van der Waals surface area contributed by atoms with Crippen LogP contribution in [0.1, 0.15) is 45.8 Å². The van der Waals surface area contributed by atoms with E-state index < -0.39 is 6.04 Å². The Hall–Kier alpha value is -2.80. The molecule has 34 heavy (non-hydrogen) atoms. The number of aromatic nitrogens is 3. The van der Waals surface area contributed by atoms with E-state index in [4.69, 9.17) is 23.2 Å². The lowest BCUT2D eigenvalue weighted by Crippen LogP contribution is -2.29. The number of nitrogens with zero attached hydrogens (tertiary/aromatic N) is 3. The average Bonchev–Trinajstić information content (AvgIpc) is 3.22. The molecule has 0 aliphatic carbocycles. The largest absolute Gasteiger partial charge is 0.342 e. The van der Waals surface area contributed by atoms with E-state index in [0.29, 0.717) is 32.3 Å². The van der Waals surface area contributed by atoms with Crippen LogP contribution in [-0.4, -0.2) is 20.7 Å². The average molecular weight is 511 g/mol. The van der Waals surface area contributed by atoms with Crippen LogP contribution < -0.4 is 5.32 Å². The minimum atomic E-state index is -0.417. The molecule has 4 rings (SSSR count). The number of hydrogen-bond acceptors (Lipinski definition) is 4. The lowest BCUT2D eigenvalue weighted by Gasteiger charge is -2.18. The van der Waals surface area contributed by atoms with Crippen LogP contribution >= 0.6 is 35.0 Å². The summed E-state index contributed by atoms with van der Waals surface area (Å²) in [6.45, 7) is 5.89. The first-order valence-electron chi connectivity index (χ1n) is 10.8. The number of rotatable bonds is 7. The molecule has 174 valence electrons. The second kappa shape index (κ2) is 10.6. The first-order valence-corrected chi connectivity index (χ1v) is 12.5. The Kier molecular flexibility index (Phi) is 7.61. The highest BCUT2D eigenvalue weighted by Crippen LogP contribution is 2.32. The molecule has 8 heteroatoms. The lowest BCUT2D eigenvalue weighted by atomic mass is 10.1.